The molecule has 3 N–H and O–H groups in total. The third-order valence-corrected chi connectivity index (χ3v) is 4.95. The van der Waals surface area contributed by atoms with Gasteiger partial charge in [-0.3, -0.25) is 4.79 Å². The summed E-state index contributed by atoms with van der Waals surface area (Å²) in [6.45, 7) is 1.42. The van der Waals surface area contributed by atoms with Gasteiger partial charge in [0.15, 0.2) is 5.82 Å². The van der Waals surface area contributed by atoms with Crippen molar-refractivity contribution in [3.05, 3.63) is 4.88 Å². The highest BCUT2D eigenvalue weighted by atomic mass is 32.1. The Bertz CT molecular complexity index is 465. The second-order valence-electron chi connectivity index (χ2n) is 5.49. The first-order valence-corrected chi connectivity index (χ1v) is 7.81. The average molecular weight is 280 g/mol. The number of nitrogens with two attached hydrogens (primary N) is 1. The van der Waals surface area contributed by atoms with Crippen LogP contribution in [0, 0.1) is 5.92 Å². The summed E-state index contributed by atoms with van der Waals surface area (Å²) in [5, 5.41) is 3.22. The molecule has 19 heavy (non-hydrogen) atoms. The van der Waals surface area contributed by atoms with Gasteiger partial charge in [0.2, 0.25) is 0 Å². The number of carbonyl (C=O) groups excluding carboxylic acids is 1. The van der Waals surface area contributed by atoms with Crippen molar-refractivity contribution in [3.8, 4) is 0 Å². The Kier molecular flexibility index (Phi) is 3.59. The van der Waals surface area contributed by atoms with E-state index >= 15 is 0 Å². The summed E-state index contributed by atoms with van der Waals surface area (Å²) in [5.41, 5.74) is 6.47. The van der Waals surface area contributed by atoms with Crippen LogP contribution in [0.4, 0.5) is 11.5 Å². The van der Waals surface area contributed by atoms with E-state index in [1.807, 2.05) is 4.90 Å². The van der Waals surface area contributed by atoms with E-state index in [0.29, 0.717) is 23.3 Å². The van der Waals surface area contributed by atoms with E-state index in [9.17, 15) is 4.79 Å². The van der Waals surface area contributed by atoms with Crippen molar-refractivity contribution in [1.82, 2.24) is 9.27 Å². The van der Waals surface area contributed by atoms with Gasteiger partial charge in [-0.05, 0) is 30.3 Å². The summed E-state index contributed by atoms with van der Waals surface area (Å²) in [7, 11) is 0. The zero-order valence-corrected chi connectivity index (χ0v) is 11.8. The summed E-state index contributed by atoms with van der Waals surface area (Å²) in [5.74, 6) is 1.19. The number of fused-ring (bicyclic) bond motifs is 1. The van der Waals surface area contributed by atoms with Gasteiger partial charge in [0, 0.05) is 6.54 Å². The monoisotopic (exact) mass is 280 g/mol. The lowest BCUT2D eigenvalue weighted by atomic mass is 9.99. The van der Waals surface area contributed by atoms with Gasteiger partial charge >= 0.3 is 0 Å². The van der Waals surface area contributed by atoms with E-state index in [1.54, 1.807) is 0 Å². The molecule has 1 amide bonds. The highest BCUT2D eigenvalue weighted by molar-refractivity contribution is 7.09. The second-order valence-corrected chi connectivity index (χ2v) is 6.27. The fourth-order valence-electron chi connectivity index (χ4n) is 3.01. The number of hydrogen-bond donors (Lipinski definition) is 2. The number of rotatable bonds is 2. The molecule has 104 valence electrons. The molecule has 0 spiro atoms. The summed E-state index contributed by atoms with van der Waals surface area (Å²) >= 11 is 1.20. The Morgan fingerprint density at radius 1 is 1.32 bits per heavy atom. The van der Waals surface area contributed by atoms with Crippen molar-refractivity contribution in [2.75, 3.05) is 24.3 Å². The number of nitrogens with one attached hydrogen (secondary N) is 1. The number of anilines is 2. The van der Waals surface area contributed by atoms with Crippen LogP contribution in [-0.2, 0) is 0 Å². The van der Waals surface area contributed by atoms with Crippen LogP contribution in [0.1, 0.15) is 48.2 Å². The minimum Gasteiger partial charge on any atom is -0.381 e. The molecule has 0 bridgehead atoms. The molecule has 6 heteroatoms. The minimum absolute atomic E-state index is 0.0900. The Balaban J connectivity index is 1.68. The van der Waals surface area contributed by atoms with Crippen LogP contribution in [0.25, 0.3) is 0 Å². The van der Waals surface area contributed by atoms with Crippen LogP contribution < -0.4 is 11.1 Å². The number of carbonyl (C=O) groups is 1. The van der Waals surface area contributed by atoms with Gasteiger partial charge in [0.25, 0.3) is 5.91 Å². The molecule has 1 aromatic rings. The highest BCUT2D eigenvalue weighted by Gasteiger charge is 2.30. The zero-order valence-electron chi connectivity index (χ0n) is 11.0. The number of aromatic nitrogens is 1. The molecule has 1 aromatic heterocycles. The SMILES string of the molecule is Nc1nsc2c1NCN(CC1CCCCCC1)C2=O. The smallest absolute Gasteiger partial charge is 0.269 e. The zero-order chi connectivity index (χ0) is 13.2. The molecule has 0 atom stereocenters. The Labute approximate surface area is 117 Å². The first kappa shape index (κ1) is 12.7. The third kappa shape index (κ3) is 2.54. The first-order chi connectivity index (χ1) is 9.25. The van der Waals surface area contributed by atoms with E-state index in [2.05, 4.69) is 9.69 Å². The van der Waals surface area contributed by atoms with Crippen molar-refractivity contribution in [3.63, 3.8) is 0 Å². The molecule has 3 rings (SSSR count). The van der Waals surface area contributed by atoms with Crippen LogP contribution in [0.5, 0.6) is 0 Å². The third-order valence-electron chi connectivity index (χ3n) is 4.10. The Morgan fingerprint density at radius 2 is 2.05 bits per heavy atom. The molecule has 1 saturated carbocycles. The predicted octanol–water partition coefficient (Wildman–Crippen LogP) is 2.52. The number of nitrogens with zero attached hydrogens (tertiary/aromatic N) is 2. The maximum Gasteiger partial charge on any atom is 0.269 e. The second kappa shape index (κ2) is 5.36. The minimum atomic E-state index is 0.0900. The molecule has 5 nitrogen and oxygen atoms in total. The molecule has 0 unspecified atom stereocenters. The van der Waals surface area contributed by atoms with Gasteiger partial charge in [-0.25, -0.2) is 0 Å². The van der Waals surface area contributed by atoms with E-state index in [1.165, 1.54) is 50.1 Å². The highest BCUT2D eigenvalue weighted by Crippen LogP contribution is 2.32. The molecule has 2 heterocycles. The van der Waals surface area contributed by atoms with Crippen molar-refractivity contribution < 1.29 is 4.79 Å². The van der Waals surface area contributed by atoms with E-state index in [0.717, 1.165) is 12.2 Å². The summed E-state index contributed by atoms with van der Waals surface area (Å²) in [6.07, 6.45) is 7.80. The summed E-state index contributed by atoms with van der Waals surface area (Å²) in [4.78, 5) is 15.0. The number of amides is 1. The van der Waals surface area contributed by atoms with Gasteiger partial charge < -0.3 is 16.0 Å². The number of hydrogen-bond acceptors (Lipinski definition) is 5. The fourth-order valence-corrected chi connectivity index (χ4v) is 3.77. The molecule has 1 aliphatic carbocycles. The lowest BCUT2D eigenvalue weighted by Crippen LogP contribution is -2.42. The van der Waals surface area contributed by atoms with Crippen molar-refractivity contribution >= 4 is 28.9 Å². The molecule has 0 radical (unpaired) electrons. The lowest BCUT2D eigenvalue weighted by molar-refractivity contribution is 0.0731. The lowest BCUT2D eigenvalue weighted by Gasteiger charge is -2.30. The van der Waals surface area contributed by atoms with Gasteiger partial charge in [0.1, 0.15) is 10.6 Å². The predicted molar refractivity (Wildman–Crippen MR) is 77.2 cm³/mol. The molecule has 2 aliphatic rings. The van der Waals surface area contributed by atoms with Crippen molar-refractivity contribution in [2.24, 2.45) is 5.92 Å². The quantitative estimate of drug-likeness (QED) is 0.817. The molecule has 1 aliphatic heterocycles. The first-order valence-electron chi connectivity index (χ1n) is 7.04. The maximum absolute atomic E-state index is 12.4. The summed E-state index contributed by atoms with van der Waals surface area (Å²) in [6, 6.07) is 0. The molecule has 1 fully saturated rings. The Morgan fingerprint density at radius 3 is 2.79 bits per heavy atom. The van der Waals surface area contributed by atoms with E-state index in [-0.39, 0.29) is 5.91 Å². The fraction of sp³-hybridized carbons (Fsp3) is 0.692. The average Bonchev–Trinajstić information content (AvgIpc) is 2.63. The molecule has 0 aromatic carbocycles. The van der Waals surface area contributed by atoms with Crippen molar-refractivity contribution in [2.45, 2.75) is 38.5 Å². The van der Waals surface area contributed by atoms with Crippen LogP contribution >= 0.6 is 11.5 Å². The standard InChI is InChI=1S/C13H20N4OS/c14-12-10-11(19-16-12)13(18)17(8-15-10)7-9-5-3-1-2-4-6-9/h9,15H,1-8H2,(H2,14,16). The Hall–Kier alpha value is -1.30. The van der Waals surface area contributed by atoms with Gasteiger partial charge in [0.05, 0.1) is 6.67 Å². The summed E-state index contributed by atoms with van der Waals surface area (Å²) < 4.78 is 4.05. The topological polar surface area (TPSA) is 71.2 Å². The molecular weight excluding hydrogens is 260 g/mol. The van der Waals surface area contributed by atoms with Gasteiger partial charge in [-0.1, -0.05) is 25.7 Å². The van der Waals surface area contributed by atoms with Crippen LogP contribution in [0.2, 0.25) is 0 Å². The van der Waals surface area contributed by atoms with Gasteiger partial charge in [-0.2, -0.15) is 4.37 Å². The van der Waals surface area contributed by atoms with E-state index in [4.69, 9.17) is 5.73 Å². The molecular formula is C13H20N4OS. The largest absolute Gasteiger partial charge is 0.381 e. The van der Waals surface area contributed by atoms with E-state index < -0.39 is 0 Å². The van der Waals surface area contributed by atoms with Crippen LogP contribution in [0.15, 0.2) is 0 Å². The van der Waals surface area contributed by atoms with Gasteiger partial charge in [-0.15, -0.1) is 0 Å². The van der Waals surface area contributed by atoms with Crippen LogP contribution in [-0.4, -0.2) is 28.4 Å². The van der Waals surface area contributed by atoms with Crippen LogP contribution in [0.3, 0.4) is 0 Å². The molecule has 0 saturated heterocycles. The normalized spacial score (nSPS) is 20.8. The van der Waals surface area contributed by atoms with Crippen molar-refractivity contribution in [1.29, 1.82) is 0 Å². The number of nitrogen functional groups attached to an aromatic ring is 1. The maximum atomic E-state index is 12.4.